The molecule has 0 aromatic heterocycles. The van der Waals surface area contributed by atoms with Crippen LogP contribution in [0.25, 0.3) is 0 Å². The molecule has 1 N–H and O–H groups in total. The van der Waals surface area contributed by atoms with Gasteiger partial charge in [0.15, 0.2) is 0 Å². The first-order chi connectivity index (χ1) is 11.1. The number of amides is 1. The maximum atomic E-state index is 11.7. The lowest BCUT2D eigenvalue weighted by molar-refractivity contribution is -0.113. The van der Waals surface area contributed by atoms with Gasteiger partial charge < -0.3 is 5.32 Å². The first kappa shape index (κ1) is 17.5. The van der Waals surface area contributed by atoms with Gasteiger partial charge in [-0.2, -0.15) is 5.26 Å². The average molecular weight is 342 g/mol. The monoisotopic (exact) mass is 342 g/mol. The molecule has 3 nitrogen and oxygen atoms in total. The van der Waals surface area contributed by atoms with E-state index in [-0.39, 0.29) is 5.91 Å². The number of nitrogens with zero attached hydrogens (tertiary/aromatic N) is 1. The number of aryl methyl sites for hydroxylation is 2. The number of hydrogen-bond acceptors (Lipinski definition) is 4. The van der Waals surface area contributed by atoms with Gasteiger partial charge >= 0.3 is 0 Å². The van der Waals surface area contributed by atoms with Gasteiger partial charge in [0.2, 0.25) is 5.91 Å². The molecule has 0 aliphatic carbocycles. The third kappa shape index (κ3) is 5.66. The number of hydrogen-bond donors (Lipinski definition) is 1. The zero-order valence-electron chi connectivity index (χ0n) is 13.1. The smallest absolute Gasteiger partial charge is 0.234 e. The van der Waals surface area contributed by atoms with Gasteiger partial charge in [0.25, 0.3) is 0 Å². The molecular weight excluding hydrogens is 324 g/mol. The standard InChI is InChI=1S/C18H18N2OS2/c1-13-3-8-17(14(2)11-13)23-16-6-4-15(5-7-16)20-18(21)12-22-10-9-19/h3-8,11H,10,12H2,1-2H3,(H,20,21). The van der Waals surface area contributed by atoms with E-state index in [1.54, 1.807) is 11.8 Å². The predicted molar refractivity (Wildman–Crippen MR) is 98.0 cm³/mol. The number of nitriles is 1. The summed E-state index contributed by atoms with van der Waals surface area (Å²) >= 11 is 3.03. The Morgan fingerprint density at radius 3 is 2.57 bits per heavy atom. The van der Waals surface area contributed by atoms with Crippen molar-refractivity contribution in [2.24, 2.45) is 0 Å². The Morgan fingerprint density at radius 2 is 1.91 bits per heavy atom. The normalized spacial score (nSPS) is 10.1. The zero-order valence-corrected chi connectivity index (χ0v) is 14.8. The molecule has 0 spiro atoms. The van der Waals surface area contributed by atoms with Crippen LogP contribution in [-0.4, -0.2) is 17.4 Å². The lowest BCUT2D eigenvalue weighted by Crippen LogP contribution is -2.14. The van der Waals surface area contributed by atoms with Gasteiger partial charge in [0.1, 0.15) is 0 Å². The molecule has 0 radical (unpaired) electrons. The molecule has 0 atom stereocenters. The molecule has 5 heteroatoms. The van der Waals surface area contributed by atoms with Crippen LogP contribution in [-0.2, 0) is 4.79 Å². The van der Waals surface area contributed by atoms with Crippen LogP contribution in [0.4, 0.5) is 5.69 Å². The summed E-state index contributed by atoms with van der Waals surface area (Å²) in [6.45, 7) is 4.21. The molecule has 23 heavy (non-hydrogen) atoms. The molecule has 0 aliphatic heterocycles. The second kappa shape index (κ2) is 8.66. The van der Waals surface area contributed by atoms with E-state index < -0.39 is 0 Å². The number of thioether (sulfide) groups is 1. The average Bonchev–Trinajstić information content (AvgIpc) is 2.52. The molecule has 0 fully saturated rings. The summed E-state index contributed by atoms with van der Waals surface area (Å²) in [4.78, 5) is 14.1. The van der Waals surface area contributed by atoms with E-state index in [1.165, 1.54) is 27.8 Å². The van der Waals surface area contributed by atoms with E-state index in [2.05, 4.69) is 37.4 Å². The molecule has 0 saturated carbocycles. The fourth-order valence-corrected chi connectivity index (χ4v) is 3.37. The van der Waals surface area contributed by atoms with E-state index in [1.807, 2.05) is 30.3 Å². The number of anilines is 1. The fourth-order valence-electron chi connectivity index (χ4n) is 2.03. The first-order valence-electron chi connectivity index (χ1n) is 7.18. The lowest BCUT2D eigenvalue weighted by atomic mass is 10.2. The maximum absolute atomic E-state index is 11.7. The Kier molecular flexibility index (Phi) is 6.57. The summed E-state index contributed by atoms with van der Waals surface area (Å²) in [5.41, 5.74) is 3.30. The van der Waals surface area contributed by atoms with Crippen molar-refractivity contribution in [1.82, 2.24) is 0 Å². The summed E-state index contributed by atoms with van der Waals surface area (Å²) in [5, 5.41) is 11.3. The second-order valence-corrected chi connectivity index (χ2v) is 7.20. The Hall–Kier alpha value is -1.90. The highest BCUT2D eigenvalue weighted by Crippen LogP contribution is 2.31. The quantitative estimate of drug-likeness (QED) is 0.776. The molecule has 0 bridgehead atoms. The molecule has 1 amide bonds. The summed E-state index contributed by atoms with van der Waals surface area (Å²) in [6, 6.07) is 16.2. The van der Waals surface area contributed by atoms with Crippen molar-refractivity contribution in [2.75, 3.05) is 16.8 Å². The number of carbonyl (C=O) groups is 1. The predicted octanol–water partition coefficient (Wildman–Crippen LogP) is 4.65. The minimum atomic E-state index is -0.0833. The van der Waals surface area contributed by atoms with Crippen LogP contribution in [0.15, 0.2) is 52.3 Å². The Morgan fingerprint density at radius 1 is 1.17 bits per heavy atom. The van der Waals surface area contributed by atoms with Crippen LogP contribution in [0.3, 0.4) is 0 Å². The maximum Gasteiger partial charge on any atom is 0.234 e. The van der Waals surface area contributed by atoms with Gasteiger partial charge in [0.05, 0.1) is 17.6 Å². The van der Waals surface area contributed by atoms with Crippen molar-refractivity contribution in [3.63, 3.8) is 0 Å². The van der Waals surface area contributed by atoms with Crippen LogP contribution in [0.1, 0.15) is 11.1 Å². The minimum Gasteiger partial charge on any atom is -0.325 e. The molecule has 0 saturated heterocycles. The number of nitrogens with one attached hydrogen (secondary N) is 1. The van der Waals surface area contributed by atoms with Crippen molar-refractivity contribution in [2.45, 2.75) is 23.6 Å². The highest BCUT2D eigenvalue weighted by atomic mass is 32.2. The van der Waals surface area contributed by atoms with Gasteiger partial charge in [-0.25, -0.2) is 0 Å². The number of benzene rings is 2. The lowest BCUT2D eigenvalue weighted by Gasteiger charge is -2.08. The van der Waals surface area contributed by atoms with Crippen LogP contribution >= 0.6 is 23.5 Å². The second-order valence-electron chi connectivity index (χ2n) is 5.09. The van der Waals surface area contributed by atoms with Crippen LogP contribution < -0.4 is 5.32 Å². The summed E-state index contributed by atoms with van der Waals surface area (Å²) in [6.07, 6.45) is 0. The van der Waals surface area contributed by atoms with Crippen molar-refractivity contribution in [3.8, 4) is 6.07 Å². The highest BCUT2D eigenvalue weighted by Gasteiger charge is 2.04. The number of carbonyl (C=O) groups excluding carboxylic acids is 1. The molecule has 118 valence electrons. The summed E-state index contributed by atoms with van der Waals surface area (Å²) in [7, 11) is 0. The number of rotatable bonds is 6. The van der Waals surface area contributed by atoms with Crippen LogP contribution in [0.5, 0.6) is 0 Å². The molecule has 2 aromatic rings. The van der Waals surface area contributed by atoms with Crippen molar-refractivity contribution in [3.05, 3.63) is 53.6 Å². The van der Waals surface area contributed by atoms with Gasteiger partial charge in [-0.1, -0.05) is 29.5 Å². The molecule has 0 unspecified atom stereocenters. The molecular formula is C18H18N2OS2. The summed E-state index contributed by atoms with van der Waals surface area (Å²) in [5.74, 6) is 0.547. The zero-order chi connectivity index (χ0) is 16.7. The van der Waals surface area contributed by atoms with E-state index in [4.69, 9.17) is 5.26 Å². The van der Waals surface area contributed by atoms with Gasteiger partial charge in [0, 0.05) is 15.5 Å². The Labute approximate surface area is 145 Å². The van der Waals surface area contributed by atoms with Gasteiger partial charge in [-0.3, -0.25) is 4.79 Å². The highest BCUT2D eigenvalue weighted by molar-refractivity contribution is 8.00. The van der Waals surface area contributed by atoms with Crippen LogP contribution in [0, 0.1) is 25.2 Å². The van der Waals surface area contributed by atoms with Crippen LogP contribution in [0.2, 0.25) is 0 Å². The van der Waals surface area contributed by atoms with Gasteiger partial charge in [-0.05, 0) is 49.7 Å². The minimum absolute atomic E-state index is 0.0833. The largest absolute Gasteiger partial charge is 0.325 e. The Bertz CT molecular complexity index is 721. The summed E-state index contributed by atoms with van der Waals surface area (Å²) < 4.78 is 0. The first-order valence-corrected chi connectivity index (χ1v) is 9.15. The Balaban J connectivity index is 1.94. The topological polar surface area (TPSA) is 52.9 Å². The van der Waals surface area contributed by atoms with E-state index in [0.29, 0.717) is 11.5 Å². The molecule has 0 heterocycles. The van der Waals surface area contributed by atoms with Crippen molar-refractivity contribution < 1.29 is 4.79 Å². The van der Waals surface area contributed by atoms with Gasteiger partial charge in [-0.15, -0.1) is 11.8 Å². The molecule has 2 aromatic carbocycles. The van der Waals surface area contributed by atoms with E-state index in [0.717, 1.165) is 10.6 Å². The SMILES string of the molecule is Cc1ccc(Sc2ccc(NC(=O)CSCC#N)cc2)c(C)c1. The third-order valence-electron chi connectivity index (χ3n) is 3.10. The van der Waals surface area contributed by atoms with E-state index in [9.17, 15) is 4.79 Å². The van der Waals surface area contributed by atoms with Crippen molar-refractivity contribution >= 4 is 35.1 Å². The van der Waals surface area contributed by atoms with E-state index >= 15 is 0 Å². The van der Waals surface area contributed by atoms with Crippen molar-refractivity contribution in [1.29, 1.82) is 5.26 Å². The third-order valence-corrected chi connectivity index (χ3v) is 5.08. The molecule has 0 aliphatic rings. The fraction of sp³-hybridized carbons (Fsp3) is 0.222. The molecule has 2 rings (SSSR count).